The molecule has 100 valence electrons. The van der Waals surface area contributed by atoms with Crippen LogP contribution < -0.4 is 0 Å². The summed E-state index contributed by atoms with van der Waals surface area (Å²) in [6, 6.07) is 0. The largest absolute Gasteiger partial charge is 0.469 e. The summed E-state index contributed by atoms with van der Waals surface area (Å²) >= 11 is 1.45. The molecule has 1 aromatic heterocycles. The van der Waals surface area contributed by atoms with E-state index in [1.54, 1.807) is 0 Å². The van der Waals surface area contributed by atoms with Crippen molar-refractivity contribution in [3.63, 3.8) is 0 Å². The Balaban J connectivity index is 2.17. The maximum Gasteiger partial charge on any atom is 0.305 e. The number of ether oxygens (including phenoxy) is 1. The Kier molecular flexibility index (Phi) is 6.57. The lowest BCUT2D eigenvalue weighted by atomic mass is 10.1. The molecule has 0 radical (unpaired) electrons. The van der Waals surface area contributed by atoms with Gasteiger partial charge in [-0.15, -0.1) is 11.3 Å². The SMILES string of the molecule is COC(=O)CCCCCCc1nc(C)sc1C=O. The highest BCUT2D eigenvalue weighted by Gasteiger charge is 2.07. The van der Waals surface area contributed by atoms with E-state index in [1.807, 2.05) is 6.92 Å². The van der Waals surface area contributed by atoms with E-state index in [1.165, 1.54) is 18.4 Å². The van der Waals surface area contributed by atoms with E-state index in [0.29, 0.717) is 6.42 Å². The number of hydrogen-bond acceptors (Lipinski definition) is 5. The second kappa shape index (κ2) is 7.97. The van der Waals surface area contributed by atoms with Gasteiger partial charge < -0.3 is 4.74 Å². The van der Waals surface area contributed by atoms with Gasteiger partial charge in [0.2, 0.25) is 0 Å². The predicted octanol–water partition coefficient (Wildman–Crippen LogP) is 2.93. The number of nitrogens with zero attached hydrogens (tertiary/aromatic N) is 1. The molecule has 0 unspecified atom stereocenters. The number of carbonyl (C=O) groups excluding carboxylic acids is 2. The highest BCUT2D eigenvalue weighted by Crippen LogP contribution is 2.18. The molecule has 5 heteroatoms. The van der Waals surface area contributed by atoms with Gasteiger partial charge in [-0.05, 0) is 26.2 Å². The smallest absolute Gasteiger partial charge is 0.305 e. The van der Waals surface area contributed by atoms with E-state index in [9.17, 15) is 9.59 Å². The third-order valence-electron chi connectivity index (χ3n) is 2.71. The Morgan fingerprint density at radius 2 is 2.06 bits per heavy atom. The first kappa shape index (κ1) is 14.8. The second-order valence-electron chi connectivity index (χ2n) is 4.15. The molecule has 0 N–H and O–H groups in total. The number of methoxy groups -OCH3 is 1. The number of esters is 1. The third-order valence-corrected chi connectivity index (χ3v) is 3.65. The number of thiazole rings is 1. The second-order valence-corrected chi connectivity index (χ2v) is 5.39. The lowest BCUT2D eigenvalue weighted by molar-refractivity contribution is -0.140. The van der Waals surface area contributed by atoms with E-state index in [-0.39, 0.29) is 5.97 Å². The lowest BCUT2D eigenvalue weighted by Crippen LogP contribution is -1.99. The molecule has 0 aliphatic heterocycles. The fourth-order valence-electron chi connectivity index (χ4n) is 1.77. The summed E-state index contributed by atoms with van der Waals surface area (Å²) in [7, 11) is 1.41. The van der Waals surface area contributed by atoms with Crippen LogP contribution in [0.4, 0.5) is 0 Å². The minimum absolute atomic E-state index is 0.145. The summed E-state index contributed by atoms with van der Waals surface area (Å²) < 4.78 is 4.57. The zero-order valence-electron chi connectivity index (χ0n) is 10.9. The van der Waals surface area contributed by atoms with Crippen LogP contribution >= 0.6 is 11.3 Å². The Morgan fingerprint density at radius 1 is 1.33 bits per heavy atom. The molecule has 0 amide bonds. The molecule has 0 bridgehead atoms. The normalized spacial score (nSPS) is 10.3. The molecule has 0 spiro atoms. The Bertz CT molecular complexity index is 401. The van der Waals surface area contributed by atoms with Crippen molar-refractivity contribution in [1.82, 2.24) is 4.98 Å². The van der Waals surface area contributed by atoms with Crippen molar-refractivity contribution >= 4 is 23.6 Å². The van der Waals surface area contributed by atoms with Crippen molar-refractivity contribution in [3.05, 3.63) is 15.6 Å². The molecule has 0 saturated carbocycles. The van der Waals surface area contributed by atoms with Crippen LogP contribution in [-0.2, 0) is 16.0 Å². The number of unbranched alkanes of at least 4 members (excludes halogenated alkanes) is 3. The number of aldehydes is 1. The van der Waals surface area contributed by atoms with Gasteiger partial charge in [-0.2, -0.15) is 0 Å². The first-order valence-electron chi connectivity index (χ1n) is 6.15. The molecule has 0 atom stereocenters. The van der Waals surface area contributed by atoms with Crippen molar-refractivity contribution in [3.8, 4) is 0 Å². The van der Waals surface area contributed by atoms with Crippen LogP contribution in [-0.4, -0.2) is 24.3 Å². The van der Waals surface area contributed by atoms with Gasteiger partial charge in [-0.25, -0.2) is 4.98 Å². The van der Waals surface area contributed by atoms with E-state index in [2.05, 4.69) is 9.72 Å². The van der Waals surface area contributed by atoms with Crippen LogP contribution in [0.25, 0.3) is 0 Å². The van der Waals surface area contributed by atoms with Crippen molar-refractivity contribution in [1.29, 1.82) is 0 Å². The zero-order valence-corrected chi connectivity index (χ0v) is 11.7. The summed E-state index contributed by atoms with van der Waals surface area (Å²) in [5.41, 5.74) is 0.917. The predicted molar refractivity (Wildman–Crippen MR) is 71.0 cm³/mol. The number of hydrogen-bond donors (Lipinski definition) is 0. The van der Waals surface area contributed by atoms with Crippen LogP contribution in [0.1, 0.15) is 52.5 Å². The molecule has 0 aliphatic carbocycles. The third kappa shape index (κ3) is 4.96. The van der Waals surface area contributed by atoms with Crippen LogP contribution in [0, 0.1) is 6.92 Å². The van der Waals surface area contributed by atoms with Crippen molar-refractivity contribution in [2.75, 3.05) is 7.11 Å². The number of aryl methyl sites for hydroxylation is 2. The van der Waals surface area contributed by atoms with Gasteiger partial charge in [-0.1, -0.05) is 12.8 Å². The van der Waals surface area contributed by atoms with Crippen molar-refractivity contribution < 1.29 is 14.3 Å². The zero-order chi connectivity index (χ0) is 13.4. The number of aromatic nitrogens is 1. The van der Waals surface area contributed by atoms with Gasteiger partial charge in [0.25, 0.3) is 0 Å². The summed E-state index contributed by atoms with van der Waals surface area (Å²) in [5.74, 6) is -0.145. The summed E-state index contributed by atoms with van der Waals surface area (Å²) in [6.45, 7) is 1.91. The first-order valence-corrected chi connectivity index (χ1v) is 6.97. The maximum atomic E-state index is 10.9. The van der Waals surface area contributed by atoms with Gasteiger partial charge >= 0.3 is 5.97 Å². The fraction of sp³-hybridized carbons (Fsp3) is 0.615. The van der Waals surface area contributed by atoms with Crippen molar-refractivity contribution in [2.45, 2.75) is 45.4 Å². The topological polar surface area (TPSA) is 56.3 Å². The molecule has 1 aromatic rings. The van der Waals surface area contributed by atoms with Gasteiger partial charge in [0.05, 0.1) is 22.7 Å². The minimum atomic E-state index is -0.145. The van der Waals surface area contributed by atoms with Gasteiger partial charge in [0.1, 0.15) is 0 Å². The molecule has 0 fully saturated rings. The average molecular weight is 269 g/mol. The van der Waals surface area contributed by atoms with Crippen LogP contribution in [0.5, 0.6) is 0 Å². The maximum absolute atomic E-state index is 10.9. The Hall–Kier alpha value is -1.23. The summed E-state index contributed by atoms with van der Waals surface area (Å²) in [4.78, 5) is 26.8. The van der Waals surface area contributed by atoms with Gasteiger partial charge in [0.15, 0.2) is 6.29 Å². The van der Waals surface area contributed by atoms with Crippen molar-refractivity contribution in [2.24, 2.45) is 0 Å². The monoisotopic (exact) mass is 269 g/mol. The van der Waals surface area contributed by atoms with Crippen LogP contribution in [0.2, 0.25) is 0 Å². The first-order chi connectivity index (χ1) is 8.67. The number of carbonyl (C=O) groups is 2. The highest BCUT2D eigenvalue weighted by atomic mass is 32.1. The fourth-order valence-corrected chi connectivity index (χ4v) is 2.56. The number of rotatable bonds is 8. The lowest BCUT2D eigenvalue weighted by Gasteiger charge is -2.00. The van der Waals surface area contributed by atoms with Gasteiger partial charge in [-0.3, -0.25) is 9.59 Å². The Labute approximate surface area is 111 Å². The molecule has 18 heavy (non-hydrogen) atoms. The summed E-state index contributed by atoms with van der Waals surface area (Å²) in [5, 5.41) is 0.942. The molecule has 0 saturated heterocycles. The van der Waals surface area contributed by atoms with E-state index in [0.717, 1.165) is 54.0 Å². The molecule has 1 rings (SSSR count). The average Bonchev–Trinajstić information content (AvgIpc) is 2.73. The Morgan fingerprint density at radius 3 is 2.72 bits per heavy atom. The molecule has 4 nitrogen and oxygen atoms in total. The van der Waals surface area contributed by atoms with Gasteiger partial charge in [0, 0.05) is 6.42 Å². The highest BCUT2D eigenvalue weighted by molar-refractivity contribution is 7.13. The minimum Gasteiger partial charge on any atom is -0.469 e. The molecule has 0 aliphatic rings. The molecular formula is C13H19NO3S. The quantitative estimate of drug-likeness (QED) is 0.413. The summed E-state index contributed by atoms with van der Waals surface area (Å²) in [6.07, 6.45) is 6.15. The standard InChI is InChI=1S/C13H19NO3S/c1-10-14-11(12(9-15)18-10)7-5-3-4-6-8-13(16)17-2/h9H,3-8H2,1-2H3. The van der Waals surface area contributed by atoms with E-state index in [4.69, 9.17) is 0 Å². The van der Waals surface area contributed by atoms with E-state index < -0.39 is 0 Å². The molecule has 1 heterocycles. The molecular weight excluding hydrogens is 250 g/mol. The van der Waals surface area contributed by atoms with E-state index >= 15 is 0 Å². The van der Waals surface area contributed by atoms with Crippen LogP contribution in [0.15, 0.2) is 0 Å². The molecule has 0 aromatic carbocycles. The van der Waals surface area contributed by atoms with Crippen LogP contribution in [0.3, 0.4) is 0 Å².